The van der Waals surface area contributed by atoms with E-state index in [9.17, 15) is 0 Å². The Morgan fingerprint density at radius 1 is 1.06 bits per heavy atom. The van der Waals surface area contributed by atoms with Crippen molar-refractivity contribution in [1.82, 2.24) is 5.32 Å². The van der Waals surface area contributed by atoms with Crippen molar-refractivity contribution in [2.45, 2.75) is 6.54 Å². The van der Waals surface area contributed by atoms with Crippen molar-refractivity contribution < 1.29 is 0 Å². The van der Waals surface area contributed by atoms with Crippen molar-refractivity contribution in [3.8, 4) is 0 Å². The Balaban J connectivity index is 1.67. The molecule has 0 unspecified atom stereocenters. The molecule has 2 N–H and O–H groups in total. The zero-order chi connectivity index (χ0) is 12.8. The van der Waals surface area contributed by atoms with Crippen LogP contribution in [-0.2, 0) is 6.54 Å². The number of hydrogen-bond acceptors (Lipinski definition) is 3. The van der Waals surface area contributed by atoms with E-state index in [0.29, 0.717) is 10.0 Å². The number of rotatable bonds is 6. The van der Waals surface area contributed by atoms with Crippen molar-refractivity contribution in [2.75, 3.05) is 18.4 Å². The fourth-order valence-electron chi connectivity index (χ4n) is 1.53. The normalized spacial score (nSPS) is 10.6. The van der Waals surface area contributed by atoms with Gasteiger partial charge in [0.2, 0.25) is 0 Å². The minimum atomic E-state index is 0.577. The Morgan fingerprint density at radius 2 is 1.94 bits per heavy atom. The first-order chi connectivity index (χ1) is 8.75. The maximum absolute atomic E-state index is 5.94. The molecule has 1 aromatic heterocycles. The molecule has 0 fully saturated rings. The van der Waals surface area contributed by atoms with Gasteiger partial charge in [-0.3, -0.25) is 0 Å². The molecule has 0 aliphatic heterocycles. The average Bonchev–Trinajstić information content (AvgIpc) is 2.86. The first-order valence-corrected chi connectivity index (χ1v) is 7.31. The molecule has 1 heterocycles. The third-order valence-corrected chi connectivity index (χ3v) is 4.05. The third-order valence-electron chi connectivity index (χ3n) is 2.43. The van der Waals surface area contributed by atoms with E-state index in [0.717, 1.165) is 25.3 Å². The van der Waals surface area contributed by atoms with Gasteiger partial charge in [-0.15, -0.1) is 11.3 Å². The number of nitrogens with one attached hydrogen (secondary N) is 2. The van der Waals surface area contributed by atoms with E-state index in [1.54, 1.807) is 17.4 Å². The van der Waals surface area contributed by atoms with Crippen molar-refractivity contribution in [3.63, 3.8) is 0 Å². The molecule has 0 spiro atoms. The third kappa shape index (κ3) is 4.18. The van der Waals surface area contributed by atoms with Crippen LogP contribution in [0, 0.1) is 0 Å². The Kier molecular flexibility index (Phi) is 5.32. The molecule has 2 nitrogen and oxygen atoms in total. The maximum Gasteiger partial charge on any atom is 0.0612 e. The summed E-state index contributed by atoms with van der Waals surface area (Å²) in [6.07, 6.45) is 0. The Labute approximate surface area is 121 Å². The number of thiophene rings is 1. The second kappa shape index (κ2) is 7.00. The van der Waals surface area contributed by atoms with Crippen molar-refractivity contribution in [1.29, 1.82) is 0 Å². The molecule has 0 radical (unpaired) electrons. The van der Waals surface area contributed by atoms with Crippen LogP contribution in [0.3, 0.4) is 0 Å². The van der Waals surface area contributed by atoms with Gasteiger partial charge in [0.1, 0.15) is 0 Å². The Morgan fingerprint density at radius 3 is 2.67 bits per heavy atom. The lowest BCUT2D eigenvalue weighted by Gasteiger charge is -2.08. The average molecular weight is 301 g/mol. The van der Waals surface area contributed by atoms with Crippen LogP contribution in [0.5, 0.6) is 0 Å². The molecular weight excluding hydrogens is 287 g/mol. The minimum Gasteiger partial charge on any atom is -0.384 e. The summed E-state index contributed by atoms with van der Waals surface area (Å²) in [5.41, 5.74) is 0.988. The fourth-order valence-corrected chi connectivity index (χ4v) is 2.50. The van der Waals surface area contributed by atoms with E-state index in [1.165, 1.54) is 4.88 Å². The van der Waals surface area contributed by atoms with Gasteiger partial charge in [-0.25, -0.2) is 0 Å². The molecule has 2 rings (SSSR count). The van der Waals surface area contributed by atoms with E-state index < -0.39 is 0 Å². The standard InChI is InChI=1S/C13H14Cl2N2S/c14-12-4-3-10(8-13(12)15)17-6-5-16-9-11-2-1-7-18-11/h1-4,7-8,16-17H,5-6,9H2. The summed E-state index contributed by atoms with van der Waals surface area (Å²) in [5.74, 6) is 0. The second-order valence-corrected chi connectivity index (χ2v) is 5.66. The topological polar surface area (TPSA) is 24.1 Å². The van der Waals surface area contributed by atoms with Gasteiger partial charge in [-0.05, 0) is 29.6 Å². The maximum atomic E-state index is 5.94. The predicted octanol–water partition coefficient (Wildman–Crippen LogP) is 4.26. The molecule has 1 aromatic carbocycles. The highest BCUT2D eigenvalue weighted by atomic mass is 35.5. The highest BCUT2D eigenvalue weighted by Crippen LogP contribution is 2.24. The lowest BCUT2D eigenvalue weighted by Crippen LogP contribution is -2.21. The largest absolute Gasteiger partial charge is 0.384 e. The van der Waals surface area contributed by atoms with Gasteiger partial charge in [-0.2, -0.15) is 0 Å². The summed E-state index contributed by atoms with van der Waals surface area (Å²) in [7, 11) is 0. The van der Waals surface area contributed by atoms with E-state index in [4.69, 9.17) is 23.2 Å². The van der Waals surface area contributed by atoms with Crippen LogP contribution in [-0.4, -0.2) is 13.1 Å². The van der Waals surface area contributed by atoms with Gasteiger partial charge in [0.25, 0.3) is 0 Å². The molecule has 0 saturated carbocycles. The van der Waals surface area contributed by atoms with Crippen molar-refractivity contribution in [2.24, 2.45) is 0 Å². The summed E-state index contributed by atoms with van der Waals surface area (Å²) in [6, 6.07) is 9.75. The molecule has 18 heavy (non-hydrogen) atoms. The molecule has 0 atom stereocenters. The van der Waals surface area contributed by atoms with Crippen LogP contribution in [0.25, 0.3) is 0 Å². The molecule has 0 saturated heterocycles. The SMILES string of the molecule is Clc1ccc(NCCNCc2cccs2)cc1Cl. The van der Waals surface area contributed by atoms with Gasteiger partial charge >= 0.3 is 0 Å². The van der Waals surface area contributed by atoms with Gasteiger partial charge in [0, 0.05) is 30.2 Å². The van der Waals surface area contributed by atoms with E-state index in [1.807, 2.05) is 12.1 Å². The summed E-state index contributed by atoms with van der Waals surface area (Å²) in [4.78, 5) is 1.35. The number of halogens is 2. The summed E-state index contributed by atoms with van der Waals surface area (Å²) < 4.78 is 0. The fraction of sp³-hybridized carbons (Fsp3) is 0.231. The number of benzene rings is 1. The predicted molar refractivity (Wildman–Crippen MR) is 81.0 cm³/mol. The van der Waals surface area contributed by atoms with Gasteiger partial charge in [0.15, 0.2) is 0 Å². The lowest BCUT2D eigenvalue weighted by atomic mass is 10.3. The molecular formula is C13H14Cl2N2S. The van der Waals surface area contributed by atoms with Crippen LogP contribution in [0.2, 0.25) is 10.0 Å². The molecule has 0 bridgehead atoms. The van der Waals surface area contributed by atoms with Crippen molar-refractivity contribution >= 4 is 40.2 Å². The molecule has 0 aliphatic rings. The summed E-state index contributed by atoms with van der Waals surface area (Å²) in [5, 5.41) is 9.91. The second-order valence-electron chi connectivity index (χ2n) is 3.81. The molecule has 5 heteroatoms. The van der Waals surface area contributed by atoms with Gasteiger partial charge in [0.05, 0.1) is 10.0 Å². The van der Waals surface area contributed by atoms with E-state index in [2.05, 4.69) is 28.1 Å². The summed E-state index contributed by atoms with van der Waals surface area (Å²) >= 11 is 13.6. The molecule has 0 amide bonds. The first-order valence-electron chi connectivity index (χ1n) is 5.68. The summed E-state index contributed by atoms with van der Waals surface area (Å²) in [6.45, 7) is 2.67. The quantitative estimate of drug-likeness (QED) is 0.779. The van der Waals surface area contributed by atoms with Crippen LogP contribution in [0.4, 0.5) is 5.69 Å². The van der Waals surface area contributed by atoms with Gasteiger partial charge < -0.3 is 10.6 Å². The number of hydrogen-bond donors (Lipinski definition) is 2. The van der Waals surface area contributed by atoms with Gasteiger partial charge in [-0.1, -0.05) is 29.3 Å². The molecule has 0 aliphatic carbocycles. The zero-order valence-electron chi connectivity index (χ0n) is 9.75. The first kappa shape index (κ1) is 13.7. The Hall–Kier alpha value is -0.740. The van der Waals surface area contributed by atoms with E-state index >= 15 is 0 Å². The Bertz CT molecular complexity index is 486. The lowest BCUT2D eigenvalue weighted by molar-refractivity contribution is 0.714. The van der Waals surface area contributed by atoms with E-state index in [-0.39, 0.29) is 0 Å². The van der Waals surface area contributed by atoms with Crippen LogP contribution in [0.1, 0.15) is 4.88 Å². The van der Waals surface area contributed by atoms with Crippen molar-refractivity contribution in [3.05, 3.63) is 50.6 Å². The molecule has 96 valence electrons. The van der Waals surface area contributed by atoms with Crippen LogP contribution < -0.4 is 10.6 Å². The van der Waals surface area contributed by atoms with Crippen LogP contribution in [0.15, 0.2) is 35.7 Å². The monoisotopic (exact) mass is 300 g/mol. The zero-order valence-corrected chi connectivity index (χ0v) is 12.1. The smallest absolute Gasteiger partial charge is 0.0612 e. The highest BCUT2D eigenvalue weighted by molar-refractivity contribution is 7.09. The van der Waals surface area contributed by atoms with Crippen LogP contribution >= 0.6 is 34.5 Å². The highest BCUT2D eigenvalue weighted by Gasteiger charge is 1.98. The molecule has 2 aromatic rings. The number of anilines is 1. The minimum absolute atomic E-state index is 0.577.